The van der Waals surface area contributed by atoms with Gasteiger partial charge in [0.2, 0.25) is 6.79 Å². The molecule has 2 atom stereocenters. The lowest BCUT2D eigenvalue weighted by Crippen LogP contribution is -2.55. The van der Waals surface area contributed by atoms with Crippen LogP contribution in [0.5, 0.6) is 11.5 Å². The van der Waals surface area contributed by atoms with Crippen LogP contribution in [0.2, 0.25) is 0 Å². The lowest BCUT2D eigenvalue weighted by molar-refractivity contribution is 0.0440. The highest BCUT2D eigenvalue weighted by molar-refractivity contribution is 7.87. The summed E-state index contributed by atoms with van der Waals surface area (Å²) in [6.07, 6.45) is -0.199. The van der Waals surface area contributed by atoms with Crippen molar-refractivity contribution in [1.82, 2.24) is 13.9 Å². The topological polar surface area (TPSA) is 91.3 Å². The number of nitrogens with one attached hydrogen (secondary N) is 1. The van der Waals surface area contributed by atoms with Crippen LogP contribution in [-0.2, 0) is 16.8 Å². The summed E-state index contributed by atoms with van der Waals surface area (Å²) in [6.45, 7) is 4.05. The number of nitrogens with zero attached hydrogens (tertiary/aromatic N) is 2. The van der Waals surface area contributed by atoms with Gasteiger partial charge in [-0.2, -0.15) is 17.4 Å². The quantitative estimate of drug-likeness (QED) is 0.760. The number of fused-ring (bicyclic) bond motifs is 1. The molecule has 2 heterocycles. The second-order valence-corrected chi connectivity index (χ2v) is 8.65. The van der Waals surface area contributed by atoms with E-state index in [4.69, 9.17) is 9.47 Å². The van der Waals surface area contributed by atoms with Crippen molar-refractivity contribution in [3.8, 4) is 11.5 Å². The molecule has 0 aliphatic carbocycles. The molecular weight excluding hydrogens is 346 g/mol. The summed E-state index contributed by atoms with van der Waals surface area (Å²) in [5.74, 6) is 1.51. The Morgan fingerprint density at radius 2 is 2.00 bits per heavy atom. The van der Waals surface area contributed by atoms with Crippen LogP contribution >= 0.6 is 0 Å². The molecule has 0 spiro atoms. The lowest BCUT2D eigenvalue weighted by atomic mass is 10.0. The maximum Gasteiger partial charge on any atom is 0.279 e. The number of β-amino-alcohol motifs (C(OH)–C–C–N with tert-alkyl or cyclic N) is 1. The number of aliphatic hydroxyl groups excluding tert-OH is 1. The average molecular weight is 371 g/mol. The minimum absolute atomic E-state index is 0.244. The van der Waals surface area contributed by atoms with Crippen LogP contribution in [-0.4, -0.2) is 68.9 Å². The van der Waals surface area contributed by atoms with E-state index in [1.165, 1.54) is 14.1 Å². The van der Waals surface area contributed by atoms with Crippen molar-refractivity contribution in [3.63, 3.8) is 0 Å². The molecule has 140 valence electrons. The smallest absolute Gasteiger partial charge is 0.279 e. The van der Waals surface area contributed by atoms with Gasteiger partial charge in [-0.15, -0.1) is 0 Å². The molecule has 0 bridgehead atoms. The summed E-state index contributed by atoms with van der Waals surface area (Å²) in [4.78, 5) is 2.12. The Morgan fingerprint density at radius 1 is 1.32 bits per heavy atom. The van der Waals surface area contributed by atoms with Gasteiger partial charge in [0.1, 0.15) is 0 Å². The molecule has 0 unspecified atom stereocenters. The fourth-order valence-electron chi connectivity index (χ4n) is 3.07. The second kappa shape index (κ2) is 7.08. The van der Waals surface area contributed by atoms with E-state index in [9.17, 15) is 13.5 Å². The third kappa shape index (κ3) is 4.06. The fourth-order valence-corrected chi connectivity index (χ4v) is 3.94. The Bertz CT molecular complexity index is 738. The van der Waals surface area contributed by atoms with Gasteiger partial charge in [-0.25, -0.2) is 0 Å². The monoisotopic (exact) mass is 371 g/mol. The third-order valence-corrected chi connectivity index (χ3v) is 6.23. The average Bonchev–Trinajstić information content (AvgIpc) is 2.97. The minimum atomic E-state index is -3.55. The predicted octanol–water partition coefficient (Wildman–Crippen LogP) is 0.0549. The highest BCUT2D eigenvalue weighted by Crippen LogP contribution is 2.35. The second-order valence-electron chi connectivity index (χ2n) is 6.73. The number of rotatable bonds is 5. The van der Waals surface area contributed by atoms with E-state index in [2.05, 4.69) is 9.62 Å². The van der Waals surface area contributed by atoms with Gasteiger partial charge in [0, 0.05) is 33.7 Å². The van der Waals surface area contributed by atoms with Crippen molar-refractivity contribution in [2.45, 2.75) is 32.0 Å². The molecule has 2 aliphatic heterocycles. The van der Waals surface area contributed by atoms with Crippen LogP contribution in [0, 0.1) is 6.92 Å². The van der Waals surface area contributed by atoms with Gasteiger partial charge in [0.15, 0.2) is 11.5 Å². The van der Waals surface area contributed by atoms with Crippen molar-refractivity contribution in [2.24, 2.45) is 0 Å². The van der Waals surface area contributed by atoms with Crippen molar-refractivity contribution in [2.75, 3.05) is 34.0 Å². The van der Waals surface area contributed by atoms with Crippen molar-refractivity contribution in [3.05, 3.63) is 23.3 Å². The molecule has 1 aromatic carbocycles. The van der Waals surface area contributed by atoms with Gasteiger partial charge in [0.25, 0.3) is 10.2 Å². The van der Waals surface area contributed by atoms with Gasteiger partial charge in [-0.05, 0) is 36.6 Å². The zero-order chi connectivity index (χ0) is 18.2. The van der Waals surface area contributed by atoms with Gasteiger partial charge in [-0.1, -0.05) is 0 Å². The fraction of sp³-hybridized carbons (Fsp3) is 0.625. The zero-order valence-corrected chi connectivity index (χ0v) is 15.5. The number of hydrogen-bond donors (Lipinski definition) is 2. The normalized spacial score (nSPS) is 24.0. The van der Waals surface area contributed by atoms with Crippen LogP contribution in [0.25, 0.3) is 0 Å². The molecule has 25 heavy (non-hydrogen) atoms. The highest BCUT2D eigenvalue weighted by Gasteiger charge is 2.31. The van der Waals surface area contributed by atoms with Crippen molar-refractivity contribution >= 4 is 10.2 Å². The van der Waals surface area contributed by atoms with Crippen LogP contribution in [0.3, 0.4) is 0 Å². The first-order valence-electron chi connectivity index (χ1n) is 8.25. The molecular formula is C16H25N3O5S. The lowest BCUT2D eigenvalue weighted by Gasteiger charge is -2.36. The number of aliphatic hydroxyl groups is 1. The summed E-state index contributed by atoms with van der Waals surface area (Å²) in [5, 5.41) is 10.4. The number of aryl methyl sites for hydroxylation is 1. The summed E-state index contributed by atoms with van der Waals surface area (Å²) in [5.41, 5.74) is 2.22. The summed E-state index contributed by atoms with van der Waals surface area (Å²) in [7, 11) is -0.617. The van der Waals surface area contributed by atoms with Crippen LogP contribution in [0.1, 0.15) is 17.5 Å². The predicted molar refractivity (Wildman–Crippen MR) is 92.7 cm³/mol. The van der Waals surface area contributed by atoms with E-state index in [-0.39, 0.29) is 6.79 Å². The molecule has 1 fully saturated rings. The van der Waals surface area contributed by atoms with Crippen molar-refractivity contribution < 1.29 is 23.0 Å². The maximum absolute atomic E-state index is 11.9. The Kier molecular flexibility index (Phi) is 5.21. The Labute approximate surface area is 148 Å². The highest BCUT2D eigenvalue weighted by atomic mass is 32.2. The van der Waals surface area contributed by atoms with E-state index in [0.29, 0.717) is 26.1 Å². The van der Waals surface area contributed by atoms with Crippen molar-refractivity contribution in [1.29, 1.82) is 0 Å². The molecule has 1 aromatic rings. The molecule has 3 rings (SSSR count). The first-order valence-corrected chi connectivity index (χ1v) is 9.69. The third-order valence-electron chi connectivity index (χ3n) is 4.67. The van der Waals surface area contributed by atoms with Gasteiger partial charge in [0.05, 0.1) is 12.1 Å². The van der Waals surface area contributed by atoms with Gasteiger partial charge < -0.3 is 14.6 Å². The molecule has 0 amide bonds. The molecule has 2 aliphatic rings. The molecule has 9 heteroatoms. The maximum atomic E-state index is 11.9. The van der Waals surface area contributed by atoms with Crippen LogP contribution in [0.15, 0.2) is 12.1 Å². The van der Waals surface area contributed by atoms with Gasteiger partial charge in [-0.3, -0.25) is 4.90 Å². The number of piperidine rings is 1. The Hall–Kier alpha value is -1.39. The molecule has 0 saturated carbocycles. The first-order chi connectivity index (χ1) is 11.8. The van der Waals surface area contributed by atoms with E-state index in [0.717, 1.165) is 26.9 Å². The minimum Gasteiger partial charge on any atom is -0.454 e. The molecule has 8 nitrogen and oxygen atoms in total. The van der Waals surface area contributed by atoms with E-state index < -0.39 is 22.4 Å². The number of hydrogen-bond acceptors (Lipinski definition) is 6. The van der Waals surface area contributed by atoms with E-state index in [1.807, 2.05) is 19.1 Å². The number of likely N-dealkylation sites (tertiary alicyclic amines) is 1. The molecule has 0 aromatic heterocycles. The summed E-state index contributed by atoms with van der Waals surface area (Å²) < 4.78 is 38.3. The Morgan fingerprint density at radius 3 is 2.64 bits per heavy atom. The summed E-state index contributed by atoms with van der Waals surface area (Å²) in [6, 6.07) is 3.47. The Balaban J connectivity index is 1.62. The van der Waals surface area contributed by atoms with E-state index in [1.54, 1.807) is 0 Å². The summed E-state index contributed by atoms with van der Waals surface area (Å²) >= 11 is 0. The SMILES string of the molecule is Cc1cc2c(cc1CN1CC[C@@H](NS(=O)(=O)N(C)C)[C@H](O)C1)OCO2. The zero-order valence-electron chi connectivity index (χ0n) is 14.7. The first kappa shape index (κ1) is 18.4. The molecule has 1 saturated heterocycles. The standard InChI is InChI=1S/C16H25N3O5S/c1-11-6-15-16(24-10-23-15)7-12(11)8-19-5-4-13(14(20)9-19)17-25(21,22)18(2)3/h6-7,13-14,17,20H,4-5,8-10H2,1-3H3/t13-,14-/m1/s1. The van der Waals surface area contributed by atoms with Crippen LogP contribution < -0.4 is 14.2 Å². The molecule has 0 radical (unpaired) electrons. The van der Waals surface area contributed by atoms with Crippen LogP contribution in [0.4, 0.5) is 0 Å². The van der Waals surface area contributed by atoms with E-state index >= 15 is 0 Å². The molecule has 2 N–H and O–H groups in total. The largest absolute Gasteiger partial charge is 0.454 e. The number of ether oxygens (including phenoxy) is 2. The van der Waals surface area contributed by atoms with Gasteiger partial charge >= 0.3 is 0 Å². The number of benzene rings is 1.